The van der Waals surface area contributed by atoms with E-state index in [-0.39, 0.29) is 18.7 Å². The van der Waals surface area contributed by atoms with Gasteiger partial charge in [0.1, 0.15) is 18.1 Å². The molecule has 11 heteroatoms. The van der Waals surface area contributed by atoms with E-state index in [1.165, 1.54) is 0 Å². The maximum Gasteiger partial charge on any atom is 0.326 e. The monoisotopic (exact) mass is 490 g/mol. The Balaban J connectivity index is 2.20. The first-order valence-corrected chi connectivity index (χ1v) is 11.7. The Hall–Kier alpha value is -3.47. The second-order valence-corrected chi connectivity index (χ2v) is 8.96. The highest BCUT2D eigenvalue weighted by Crippen LogP contribution is 2.10. The van der Waals surface area contributed by atoms with Gasteiger partial charge in [-0.25, -0.2) is 4.79 Å². The molecule has 1 fully saturated rings. The number of amides is 3. The summed E-state index contributed by atoms with van der Waals surface area (Å²) in [5.74, 6) is -4.65. The van der Waals surface area contributed by atoms with Crippen molar-refractivity contribution in [2.45, 2.75) is 70.1 Å². The molecule has 2 rings (SSSR count). The van der Waals surface area contributed by atoms with Crippen molar-refractivity contribution >= 4 is 29.7 Å². The van der Waals surface area contributed by atoms with Gasteiger partial charge < -0.3 is 31.5 Å². The Bertz CT molecular complexity index is 900. The standard InChI is InChI=1S/C24H34N4O7/c1-14(2)20(24(34)35)28-22(32)17(10-11-19(29)30)26-23(33)18(13-15-7-4-3-5-8-15)27-21(31)16-9-6-12-25-16/h3-5,7-8,14,16-18,20,25H,6,9-13H2,1-2H3,(H,26,33)(H,27,31)(H,28,32)(H,29,30)(H,34,35). The Morgan fingerprint density at radius 2 is 1.63 bits per heavy atom. The van der Waals surface area contributed by atoms with Gasteiger partial charge in [-0.3, -0.25) is 19.2 Å². The topological polar surface area (TPSA) is 174 Å². The van der Waals surface area contributed by atoms with Crippen LogP contribution in [0.2, 0.25) is 0 Å². The van der Waals surface area contributed by atoms with Gasteiger partial charge in [0, 0.05) is 12.8 Å². The van der Waals surface area contributed by atoms with Crippen molar-refractivity contribution in [1.29, 1.82) is 0 Å². The van der Waals surface area contributed by atoms with Gasteiger partial charge in [0.15, 0.2) is 0 Å². The quantitative estimate of drug-likeness (QED) is 0.225. The zero-order chi connectivity index (χ0) is 26.0. The van der Waals surface area contributed by atoms with Crippen LogP contribution in [-0.4, -0.2) is 70.6 Å². The summed E-state index contributed by atoms with van der Waals surface area (Å²) in [5.41, 5.74) is 0.782. The lowest BCUT2D eigenvalue weighted by atomic mass is 10.0. The predicted octanol–water partition coefficient (Wildman–Crippen LogP) is 0.0409. The van der Waals surface area contributed by atoms with E-state index in [1.807, 2.05) is 6.07 Å². The van der Waals surface area contributed by atoms with Crippen LogP contribution in [0.25, 0.3) is 0 Å². The van der Waals surface area contributed by atoms with Crippen LogP contribution in [-0.2, 0) is 30.4 Å². The SMILES string of the molecule is CC(C)C(NC(=O)C(CCC(=O)O)NC(=O)C(Cc1ccccc1)NC(=O)C1CCCN1)C(=O)O. The van der Waals surface area contributed by atoms with Crippen molar-refractivity contribution in [2.24, 2.45) is 5.92 Å². The molecule has 6 N–H and O–H groups in total. The van der Waals surface area contributed by atoms with Gasteiger partial charge in [0.05, 0.1) is 6.04 Å². The van der Waals surface area contributed by atoms with Gasteiger partial charge in [-0.05, 0) is 37.3 Å². The van der Waals surface area contributed by atoms with Crippen molar-refractivity contribution in [3.05, 3.63) is 35.9 Å². The highest BCUT2D eigenvalue weighted by Gasteiger charge is 2.32. The second kappa shape index (κ2) is 13.4. The number of carboxylic acid groups (broad SMARTS) is 2. The minimum absolute atomic E-state index is 0.155. The summed E-state index contributed by atoms with van der Waals surface area (Å²) in [5, 5.41) is 29.2. The fourth-order valence-corrected chi connectivity index (χ4v) is 3.82. The zero-order valence-corrected chi connectivity index (χ0v) is 20.0. The van der Waals surface area contributed by atoms with Crippen LogP contribution < -0.4 is 21.3 Å². The Labute approximate surface area is 204 Å². The van der Waals surface area contributed by atoms with Gasteiger partial charge in [-0.2, -0.15) is 0 Å². The molecule has 0 saturated carbocycles. The minimum atomic E-state index is -1.29. The fourth-order valence-electron chi connectivity index (χ4n) is 3.82. The molecule has 35 heavy (non-hydrogen) atoms. The third-order valence-electron chi connectivity index (χ3n) is 5.80. The van der Waals surface area contributed by atoms with E-state index in [0.29, 0.717) is 13.0 Å². The number of carbonyl (C=O) groups excluding carboxylic acids is 3. The number of carboxylic acids is 2. The van der Waals surface area contributed by atoms with Crippen molar-refractivity contribution in [2.75, 3.05) is 6.54 Å². The smallest absolute Gasteiger partial charge is 0.326 e. The van der Waals surface area contributed by atoms with E-state index < -0.39 is 60.3 Å². The third kappa shape index (κ3) is 9.01. The summed E-state index contributed by atoms with van der Waals surface area (Å²) >= 11 is 0. The molecule has 0 spiro atoms. The van der Waals surface area contributed by atoms with Crippen LogP contribution in [0.5, 0.6) is 0 Å². The van der Waals surface area contributed by atoms with Crippen LogP contribution in [0, 0.1) is 5.92 Å². The molecule has 0 aliphatic carbocycles. The molecule has 1 aliphatic heterocycles. The molecule has 192 valence electrons. The van der Waals surface area contributed by atoms with E-state index in [2.05, 4.69) is 21.3 Å². The van der Waals surface area contributed by atoms with Gasteiger partial charge in [-0.1, -0.05) is 44.2 Å². The second-order valence-electron chi connectivity index (χ2n) is 8.96. The zero-order valence-electron chi connectivity index (χ0n) is 20.0. The van der Waals surface area contributed by atoms with E-state index >= 15 is 0 Å². The highest BCUT2D eigenvalue weighted by molar-refractivity contribution is 5.94. The number of benzene rings is 1. The number of aliphatic carboxylic acids is 2. The number of hydrogen-bond donors (Lipinski definition) is 6. The molecule has 1 aliphatic rings. The maximum atomic E-state index is 13.2. The fraction of sp³-hybridized carbons (Fsp3) is 0.542. The number of nitrogens with one attached hydrogen (secondary N) is 4. The van der Waals surface area contributed by atoms with Crippen LogP contribution in [0.15, 0.2) is 30.3 Å². The van der Waals surface area contributed by atoms with E-state index in [4.69, 9.17) is 5.11 Å². The van der Waals surface area contributed by atoms with E-state index in [0.717, 1.165) is 12.0 Å². The summed E-state index contributed by atoms with van der Waals surface area (Å²) < 4.78 is 0. The summed E-state index contributed by atoms with van der Waals surface area (Å²) in [4.78, 5) is 61.4. The third-order valence-corrected chi connectivity index (χ3v) is 5.80. The van der Waals surface area contributed by atoms with E-state index in [9.17, 15) is 29.1 Å². The maximum absolute atomic E-state index is 13.2. The first-order chi connectivity index (χ1) is 16.6. The van der Waals surface area contributed by atoms with Crippen LogP contribution in [0.4, 0.5) is 0 Å². The summed E-state index contributed by atoms with van der Waals surface area (Å²) in [7, 11) is 0. The molecule has 11 nitrogen and oxygen atoms in total. The summed E-state index contributed by atoms with van der Waals surface area (Å²) in [6.45, 7) is 3.93. The average Bonchev–Trinajstić information content (AvgIpc) is 3.34. The molecule has 1 saturated heterocycles. The average molecular weight is 491 g/mol. The lowest BCUT2D eigenvalue weighted by molar-refractivity contribution is -0.144. The van der Waals surface area contributed by atoms with Gasteiger partial charge in [-0.15, -0.1) is 0 Å². The number of rotatable bonds is 13. The molecule has 4 unspecified atom stereocenters. The largest absolute Gasteiger partial charge is 0.481 e. The molecular formula is C24H34N4O7. The van der Waals surface area contributed by atoms with E-state index in [1.54, 1.807) is 38.1 Å². The first kappa shape index (κ1) is 27.8. The van der Waals surface area contributed by atoms with Crippen LogP contribution in [0.3, 0.4) is 0 Å². The predicted molar refractivity (Wildman–Crippen MR) is 126 cm³/mol. The van der Waals surface area contributed by atoms with Crippen LogP contribution in [0.1, 0.15) is 45.1 Å². The molecule has 1 aromatic carbocycles. The molecule has 1 heterocycles. The first-order valence-electron chi connectivity index (χ1n) is 11.7. The Morgan fingerprint density at radius 1 is 0.971 bits per heavy atom. The Morgan fingerprint density at radius 3 is 2.17 bits per heavy atom. The highest BCUT2D eigenvalue weighted by atomic mass is 16.4. The molecule has 3 amide bonds. The summed E-state index contributed by atoms with van der Waals surface area (Å²) in [6, 6.07) is 5.07. The lowest BCUT2D eigenvalue weighted by Crippen LogP contribution is -2.58. The van der Waals surface area contributed by atoms with Crippen molar-refractivity contribution in [3.8, 4) is 0 Å². The lowest BCUT2D eigenvalue weighted by Gasteiger charge is -2.26. The molecule has 0 aromatic heterocycles. The van der Waals surface area contributed by atoms with Gasteiger partial charge in [0.2, 0.25) is 17.7 Å². The Kier molecular flexibility index (Phi) is 10.7. The number of hydrogen-bond acceptors (Lipinski definition) is 6. The number of carbonyl (C=O) groups is 5. The van der Waals surface area contributed by atoms with Gasteiger partial charge >= 0.3 is 11.9 Å². The summed E-state index contributed by atoms with van der Waals surface area (Å²) in [6.07, 6.45) is 0.974. The van der Waals surface area contributed by atoms with Crippen molar-refractivity contribution < 1.29 is 34.2 Å². The van der Waals surface area contributed by atoms with Crippen molar-refractivity contribution in [1.82, 2.24) is 21.3 Å². The molecule has 0 bridgehead atoms. The normalized spacial score (nSPS) is 17.7. The minimum Gasteiger partial charge on any atom is -0.481 e. The molecule has 4 atom stereocenters. The van der Waals surface area contributed by atoms with Gasteiger partial charge in [0.25, 0.3) is 0 Å². The molecule has 0 radical (unpaired) electrons. The van der Waals surface area contributed by atoms with Crippen LogP contribution >= 0.6 is 0 Å². The molecule has 1 aromatic rings. The molecular weight excluding hydrogens is 456 g/mol. The van der Waals surface area contributed by atoms with Crippen molar-refractivity contribution in [3.63, 3.8) is 0 Å².